The summed E-state index contributed by atoms with van der Waals surface area (Å²) in [5.74, 6) is -2.71. The fraction of sp³-hybridized carbons (Fsp3) is 0.333. The molecule has 2 rings (SSSR count). The number of carboxylic acid groups (broad SMARTS) is 1. The van der Waals surface area contributed by atoms with E-state index >= 15 is 0 Å². The van der Waals surface area contributed by atoms with E-state index in [1.54, 1.807) is 0 Å². The average molecular weight is 270 g/mol. The number of halogens is 2. The monoisotopic (exact) mass is 270 g/mol. The summed E-state index contributed by atoms with van der Waals surface area (Å²) in [6.45, 7) is 0.306. The normalized spacial score (nSPS) is 18.4. The second kappa shape index (κ2) is 5.21. The van der Waals surface area contributed by atoms with Gasteiger partial charge in [0, 0.05) is 18.3 Å². The van der Waals surface area contributed by atoms with Gasteiger partial charge < -0.3 is 15.3 Å². The van der Waals surface area contributed by atoms with E-state index in [-0.39, 0.29) is 5.69 Å². The van der Waals surface area contributed by atoms with Crippen LogP contribution in [-0.2, 0) is 4.79 Å². The predicted octanol–water partition coefficient (Wildman–Crippen LogP) is 2.05. The van der Waals surface area contributed by atoms with Gasteiger partial charge in [-0.2, -0.15) is 0 Å². The number of carbonyl (C=O) groups is 2. The third kappa shape index (κ3) is 2.98. The topological polar surface area (TPSA) is 69.6 Å². The van der Waals surface area contributed by atoms with Gasteiger partial charge in [0.15, 0.2) is 0 Å². The third-order valence-corrected chi connectivity index (χ3v) is 2.91. The number of likely N-dealkylation sites (tertiary alicyclic amines) is 1. The van der Waals surface area contributed by atoms with Crippen molar-refractivity contribution in [1.29, 1.82) is 0 Å². The molecule has 0 saturated carbocycles. The van der Waals surface area contributed by atoms with E-state index in [0.717, 1.165) is 17.0 Å². The zero-order valence-corrected chi connectivity index (χ0v) is 9.90. The summed E-state index contributed by atoms with van der Waals surface area (Å²) in [7, 11) is 0. The summed E-state index contributed by atoms with van der Waals surface area (Å²) < 4.78 is 25.9. The van der Waals surface area contributed by atoms with Gasteiger partial charge >= 0.3 is 12.0 Å². The van der Waals surface area contributed by atoms with Crippen LogP contribution in [0.5, 0.6) is 0 Å². The number of hydrogen-bond acceptors (Lipinski definition) is 2. The molecule has 5 nitrogen and oxygen atoms in total. The summed E-state index contributed by atoms with van der Waals surface area (Å²) in [5.41, 5.74) is -0.0430. The van der Waals surface area contributed by atoms with Gasteiger partial charge in [-0.25, -0.2) is 18.4 Å². The van der Waals surface area contributed by atoms with Crippen LogP contribution in [-0.4, -0.2) is 34.6 Å². The molecule has 7 heteroatoms. The Bertz CT molecular complexity index is 501. The fourth-order valence-corrected chi connectivity index (χ4v) is 2.09. The number of amides is 2. The quantitative estimate of drug-likeness (QED) is 0.864. The molecule has 1 atom stereocenters. The number of carboxylic acids is 1. The minimum absolute atomic E-state index is 0.0430. The van der Waals surface area contributed by atoms with E-state index < -0.39 is 29.7 Å². The highest BCUT2D eigenvalue weighted by molar-refractivity contribution is 5.92. The number of hydrogen-bond donors (Lipinski definition) is 2. The van der Waals surface area contributed by atoms with Gasteiger partial charge in [-0.1, -0.05) is 0 Å². The van der Waals surface area contributed by atoms with E-state index in [4.69, 9.17) is 5.11 Å². The lowest BCUT2D eigenvalue weighted by Crippen LogP contribution is -2.42. The van der Waals surface area contributed by atoms with Crippen LogP contribution in [0.25, 0.3) is 0 Å². The van der Waals surface area contributed by atoms with E-state index in [2.05, 4.69) is 5.32 Å². The molecule has 1 heterocycles. The van der Waals surface area contributed by atoms with Crippen LogP contribution in [0, 0.1) is 11.6 Å². The van der Waals surface area contributed by atoms with Crippen molar-refractivity contribution < 1.29 is 23.5 Å². The van der Waals surface area contributed by atoms with Gasteiger partial charge in [0.05, 0.1) is 0 Å². The molecule has 1 aliphatic rings. The van der Waals surface area contributed by atoms with E-state index in [0.29, 0.717) is 25.5 Å². The van der Waals surface area contributed by atoms with Crippen molar-refractivity contribution >= 4 is 17.7 Å². The number of anilines is 1. The zero-order valence-electron chi connectivity index (χ0n) is 9.90. The highest BCUT2D eigenvalue weighted by Gasteiger charge is 2.34. The van der Waals surface area contributed by atoms with Crippen LogP contribution in [0.3, 0.4) is 0 Å². The van der Waals surface area contributed by atoms with Crippen LogP contribution in [0.15, 0.2) is 18.2 Å². The molecule has 1 aliphatic heterocycles. The first kappa shape index (κ1) is 13.3. The highest BCUT2D eigenvalue weighted by Crippen LogP contribution is 2.20. The summed E-state index contributed by atoms with van der Waals surface area (Å²) in [4.78, 5) is 23.9. The molecule has 1 aromatic rings. The van der Waals surface area contributed by atoms with Crippen LogP contribution >= 0.6 is 0 Å². The van der Waals surface area contributed by atoms with Crippen LogP contribution in [0.4, 0.5) is 19.3 Å². The molecule has 0 bridgehead atoms. The van der Waals surface area contributed by atoms with E-state index in [1.807, 2.05) is 0 Å². The Balaban J connectivity index is 2.10. The first-order valence-corrected chi connectivity index (χ1v) is 5.74. The summed E-state index contributed by atoms with van der Waals surface area (Å²) >= 11 is 0. The lowest BCUT2D eigenvalue weighted by molar-refractivity contribution is -0.141. The van der Waals surface area contributed by atoms with Crippen LogP contribution < -0.4 is 5.32 Å². The molecule has 0 aliphatic carbocycles. The maximum Gasteiger partial charge on any atom is 0.326 e. The Morgan fingerprint density at radius 1 is 1.26 bits per heavy atom. The molecule has 1 saturated heterocycles. The van der Waals surface area contributed by atoms with E-state index in [9.17, 15) is 18.4 Å². The van der Waals surface area contributed by atoms with Crippen molar-refractivity contribution in [3.63, 3.8) is 0 Å². The molecule has 19 heavy (non-hydrogen) atoms. The van der Waals surface area contributed by atoms with Gasteiger partial charge in [0.25, 0.3) is 0 Å². The van der Waals surface area contributed by atoms with E-state index in [1.165, 1.54) is 0 Å². The first-order valence-electron chi connectivity index (χ1n) is 5.74. The number of nitrogens with one attached hydrogen (secondary N) is 1. The molecule has 1 fully saturated rings. The van der Waals surface area contributed by atoms with Crippen molar-refractivity contribution in [3.05, 3.63) is 29.8 Å². The van der Waals surface area contributed by atoms with Gasteiger partial charge in [-0.15, -0.1) is 0 Å². The third-order valence-electron chi connectivity index (χ3n) is 2.91. The lowest BCUT2D eigenvalue weighted by Gasteiger charge is -2.21. The number of nitrogens with zero attached hydrogens (tertiary/aromatic N) is 1. The molecule has 0 radical (unpaired) electrons. The highest BCUT2D eigenvalue weighted by atomic mass is 19.1. The number of benzene rings is 1. The van der Waals surface area contributed by atoms with Gasteiger partial charge in [0.2, 0.25) is 0 Å². The van der Waals surface area contributed by atoms with Gasteiger partial charge in [0.1, 0.15) is 17.7 Å². The van der Waals surface area contributed by atoms with Crippen molar-refractivity contribution in [2.75, 3.05) is 11.9 Å². The summed E-state index contributed by atoms with van der Waals surface area (Å²) in [5, 5.41) is 11.2. The van der Waals surface area contributed by atoms with Crippen molar-refractivity contribution in [2.24, 2.45) is 0 Å². The first-order chi connectivity index (χ1) is 8.97. The SMILES string of the molecule is O=C(O)C1CCCN1C(=O)Nc1cc(F)cc(F)c1. The Kier molecular flexibility index (Phi) is 3.64. The molecule has 2 amide bonds. The smallest absolute Gasteiger partial charge is 0.326 e. The molecule has 2 N–H and O–H groups in total. The molecule has 1 unspecified atom stereocenters. The van der Waals surface area contributed by atoms with Crippen molar-refractivity contribution in [2.45, 2.75) is 18.9 Å². The largest absolute Gasteiger partial charge is 0.480 e. The molecule has 1 aromatic carbocycles. The van der Waals surface area contributed by atoms with Gasteiger partial charge in [-0.05, 0) is 25.0 Å². The van der Waals surface area contributed by atoms with Crippen LogP contribution in [0.2, 0.25) is 0 Å². The Morgan fingerprint density at radius 3 is 2.47 bits per heavy atom. The minimum Gasteiger partial charge on any atom is -0.480 e. The molecular formula is C12H12F2N2O3. The van der Waals surface area contributed by atoms with Gasteiger partial charge in [-0.3, -0.25) is 0 Å². The molecule has 0 spiro atoms. The Morgan fingerprint density at radius 2 is 1.89 bits per heavy atom. The number of aliphatic carboxylic acids is 1. The standard InChI is InChI=1S/C12H12F2N2O3/c13-7-4-8(14)6-9(5-7)15-12(19)16-3-1-2-10(16)11(17)18/h4-6,10H,1-3H2,(H,15,19)(H,17,18). The maximum atomic E-state index is 13.0. The fourth-order valence-electron chi connectivity index (χ4n) is 2.09. The molecule has 102 valence electrons. The van der Waals surface area contributed by atoms with Crippen molar-refractivity contribution in [3.8, 4) is 0 Å². The summed E-state index contributed by atoms with van der Waals surface area (Å²) in [6, 6.07) is 1.05. The minimum atomic E-state index is -1.09. The number of urea groups is 1. The number of carbonyl (C=O) groups excluding carboxylic acids is 1. The molecular weight excluding hydrogens is 258 g/mol. The lowest BCUT2D eigenvalue weighted by atomic mass is 10.2. The maximum absolute atomic E-state index is 13.0. The number of rotatable bonds is 2. The second-order valence-corrected chi connectivity index (χ2v) is 4.28. The Labute approximate surface area is 107 Å². The zero-order chi connectivity index (χ0) is 14.0. The second-order valence-electron chi connectivity index (χ2n) is 4.28. The van der Waals surface area contributed by atoms with Crippen LogP contribution in [0.1, 0.15) is 12.8 Å². The average Bonchev–Trinajstić information content (AvgIpc) is 2.75. The van der Waals surface area contributed by atoms with Crippen molar-refractivity contribution in [1.82, 2.24) is 4.90 Å². The predicted molar refractivity (Wildman–Crippen MR) is 62.7 cm³/mol. The molecule has 0 aromatic heterocycles. The Hall–Kier alpha value is -2.18. The summed E-state index contributed by atoms with van der Waals surface area (Å²) in [6.07, 6.45) is 0.960.